The zero-order valence-electron chi connectivity index (χ0n) is 17.7. The number of rotatable bonds is 4. The van der Waals surface area contributed by atoms with E-state index in [-0.39, 0.29) is 11.9 Å². The van der Waals surface area contributed by atoms with Crippen LogP contribution in [0.3, 0.4) is 0 Å². The van der Waals surface area contributed by atoms with Gasteiger partial charge in [0.05, 0.1) is 11.9 Å². The van der Waals surface area contributed by atoms with Crippen molar-refractivity contribution in [2.45, 2.75) is 30.5 Å². The normalized spacial score (nSPS) is 20.4. The molecule has 31 heavy (non-hydrogen) atoms. The van der Waals surface area contributed by atoms with Crippen molar-refractivity contribution in [2.75, 3.05) is 30.8 Å². The number of likely N-dealkylation sites (tertiary alicyclic amines) is 1. The van der Waals surface area contributed by atoms with Crippen LogP contribution in [-0.2, 0) is 4.79 Å². The Kier molecular flexibility index (Phi) is 5.46. The Morgan fingerprint density at radius 2 is 2.00 bits per heavy atom. The van der Waals surface area contributed by atoms with E-state index in [1.165, 1.54) is 22.9 Å². The van der Waals surface area contributed by atoms with E-state index in [9.17, 15) is 4.79 Å². The van der Waals surface area contributed by atoms with Gasteiger partial charge in [-0.1, -0.05) is 59.8 Å². The van der Waals surface area contributed by atoms with Crippen molar-refractivity contribution in [3.63, 3.8) is 0 Å². The van der Waals surface area contributed by atoms with E-state index in [2.05, 4.69) is 52.3 Å². The number of amides is 1. The van der Waals surface area contributed by atoms with Crippen molar-refractivity contribution in [2.24, 2.45) is 0 Å². The van der Waals surface area contributed by atoms with Gasteiger partial charge in [0.1, 0.15) is 5.69 Å². The summed E-state index contributed by atoms with van der Waals surface area (Å²) in [5, 5.41) is 9.03. The maximum atomic E-state index is 13.3. The molecule has 2 aliphatic heterocycles. The number of aryl methyl sites for hydroxylation is 1. The van der Waals surface area contributed by atoms with Crippen molar-refractivity contribution in [1.82, 2.24) is 20.1 Å². The molecule has 0 N–H and O–H groups in total. The number of hydrogen-bond acceptors (Lipinski definition) is 6. The summed E-state index contributed by atoms with van der Waals surface area (Å²) in [6.45, 7) is 4.12. The molecule has 3 aromatic rings. The summed E-state index contributed by atoms with van der Waals surface area (Å²) >= 11 is 1.35. The van der Waals surface area contributed by atoms with E-state index in [4.69, 9.17) is 0 Å². The number of likely N-dealkylation sites (N-methyl/N-ethyl adjacent to an activating group) is 1. The smallest absolute Gasteiger partial charge is 0.237 e. The fourth-order valence-electron chi connectivity index (χ4n) is 4.67. The fourth-order valence-corrected chi connectivity index (χ4v) is 5.29. The van der Waals surface area contributed by atoms with Crippen LogP contribution in [0.4, 0.5) is 5.69 Å². The maximum Gasteiger partial charge on any atom is 0.237 e. The maximum absolute atomic E-state index is 13.3. The summed E-state index contributed by atoms with van der Waals surface area (Å²) < 4.78 is 0. The third kappa shape index (κ3) is 3.95. The second-order valence-corrected chi connectivity index (χ2v) is 9.27. The Morgan fingerprint density at radius 3 is 2.77 bits per heavy atom. The molecule has 0 radical (unpaired) electrons. The van der Waals surface area contributed by atoms with Crippen molar-refractivity contribution in [1.29, 1.82) is 0 Å². The molecule has 0 spiro atoms. The molecule has 1 aromatic heterocycles. The number of aromatic nitrogens is 3. The zero-order chi connectivity index (χ0) is 21.4. The predicted octanol–water partition coefficient (Wildman–Crippen LogP) is 3.77. The molecular formula is C24H25N5OS. The molecular weight excluding hydrogens is 406 g/mol. The van der Waals surface area contributed by atoms with Crippen LogP contribution in [0.15, 0.2) is 59.9 Å². The first-order chi connectivity index (χ1) is 15.1. The molecule has 158 valence electrons. The quantitative estimate of drug-likeness (QED) is 0.586. The second-order valence-electron chi connectivity index (χ2n) is 8.33. The largest absolute Gasteiger partial charge is 0.308 e. The average molecular weight is 432 g/mol. The minimum Gasteiger partial charge on any atom is -0.308 e. The van der Waals surface area contributed by atoms with E-state index < -0.39 is 0 Å². The number of hydrogen-bond donors (Lipinski definition) is 0. The van der Waals surface area contributed by atoms with Gasteiger partial charge in [0.2, 0.25) is 11.1 Å². The minimum atomic E-state index is 0.114. The first kappa shape index (κ1) is 20.2. The fraction of sp³-hybridized carbons (Fsp3) is 0.333. The number of benzene rings is 2. The Hall–Kier alpha value is -2.77. The summed E-state index contributed by atoms with van der Waals surface area (Å²) in [4.78, 5) is 22.1. The molecule has 0 saturated carbocycles. The van der Waals surface area contributed by atoms with Crippen LogP contribution in [0.2, 0.25) is 0 Å². The Balaban J connectivity index is 1.31. The first-order valence-corrected chi connectivity index (χ1v) is 11.6. The number of carbonyl (C=O) groups is 1. The van der Waals surface area contributed by atoms with E-state index in [1.54, 1.807) is 6.20 Å². The Bertz CT molecular complexity index is 1090. The molecule has 2 atom stereocenters. The molecule has 1 fully saturated rings. The van der Waals surface area contributed by atoms with Gasteiger partial charge in [-0.2, -0.15) is 0 Å². The zero-order valence-corrected chi connectivity index (χ0v) is 18.5. The standard InChI is InChI=1S/C24H25N5OS/c1-16-8-9-21-18(12-16)19-14-28(2)11-10-22(19)29(21)23(30)15-31-24-25-13-20(26-27-24)17-6-4-3-5-7-17/h3-9,12-13,19,22H,10-11,14-15H2,1-2H3/t19-,22-/m1/s1. The van der Waals surface area contributed by atoms with Gasteiger partial charge in [-0.25, -0.2) is 4.98 Å². The van der Waals surface area contributed by atoms with Crippen LogP contribution in [0.5, 0.6) is 0 Å². The van der Waals surface area contributed by atoms with Gasteiger partial charge in [0, 0.05) is 29.8 Å². The highest BCUT2D eigenvalue weighted by molar-refractivity contribution is 7.99. The molecule has 0 aliphatic carbocycles. The Morgan fingerprint density at radius 1 is 1.16 bits per heavy atom. The molecule has 2 aromatic carbocycles. The summed E-state index contributed by atoms with van der Waals surface area (Å²) in [6, 6.07) is 16.5. The highest BCUT2D eigenvalue weighted by Gasteiger charge is 2.43. The van der Waals surface area contributed by atoms with Gasteiger partial charge in [-0.05, 0) is 38.6 Å². The van der Waals surface area contributed by atoms with Gasteiger partial charge in [-0.15, -0.1) is 10.2 Å². The average Bonchev–Trinajstić information content (AvgIpc) is 3.11. The number of carbonyl (C=O) groups excluding carboxylic acids is 1. The van der Waals surface area contributed by atoms with Gasteiger partial charge >= 0.3 is 0 Å². The van der Waals surface area contributed by atoms with E-state index in [0.717, 1.165) is 36.5 Å². The molecule has 0 bridgehead atoms. The highest BCUT2D eigenvalue weighted by Crippen LogP contribution is 2.45. The lowest BCUT2D eigenvalue weighted by Crippen LogP contribution is -2.47. The molecule has 1 amide bonds. The van der Waals surface area contributed by atoms with Crippen LogP contribution in [0.1, 0.15) is 23.5 Å². The molecule has 2 aliphatic rings. The molecule has 7 heteroatoms. The van der Waals surface area contributed by atoms with Crippen molar-refractivity contribution < 1.29 is 4.79 Å². The SMILES string of the molecule is Cc1ccc2c(c1)[C@H]1CN(C)CC[C@H]1N2C(=O)CSc1ncc(-c2ccccc2)nn1. The summed E-state index contributed by atoms with van der Waals surface area (Å²) in [5.74, 6) is 0.798. The van der Waals surface area contributed by atoms with Gasteiger partial charge in [0.25, 0.3) is 0 Å². The number of anilines is 1. The second kappa shape index (κ2) is 8.40. The molecule has 0 unspecified atom stereocenters. The third-order valence-electron chi connectivity index (χ3n) is 6.16. The van der Waals surface area contributed by atoms with Crippen LogP contribution in [-0.4, -0.2) is 57.9 Å². The lowest BCUT2D eigenvalue weighted by molar-refractivity contribution is -0.116. The first-order valence-electron chi connectivity index (χ1n) is 10.6. The monoisotopic (exact) mass is 431 g/mol. The summed E-state index contributed by atoms with van der Waals surface area (Å²) in [7, 11) is 2.16. The highest BCUT2D eigenvalue weighted by atomic mass is 32.2. The molecule has 5 rings (SSSR count). The van der Waals surface area contributed by atoms with Crippen LogP contribution in [0.25, 0.3) is 11.3 Å². The molecule has 6 nitrogen and oxygen atoms in total. The molecule has 1 saturated heterocycles. The van der Waals surface area contributed by atoms with Crippen LogP contribution in [0, 0.1) is 6.92 Å². The minimum absolute atomic E-state index is 0.114. The van der Waals surface area contributed by atoms with Crippen molar-refractivity contribution >= 4 is 23.4 Å². The summed E-state index contributed by atoms with van der Waals surface area (Å²) in [6.07, 6.45) is 2.71. The number of piperidine rings is 1. The number of fused-ring (bicyclic) bond motifs is 3. The Labute approximate surface area is 186 Å². The van der Waals surface area contributed by atoms with Gasteiger partial charge in [0.15, 0.2) is 0 Å². The van der Waals surface area contributed by atoms with Crippen LogP contribution >= 0.6 is 11.8 Å². The van der Waals surface area contributed by atoms with E-state index >= 15 is 0 Å². The van der Waals surface area contributed by atoms with Crippen molar-refractivity contribution in [3.05, 3.63) is 65.9 Å². The topological polar surface area (TPSA) is 62.2 Å². The number of thioether (sulfide) groups is 1. The lowest BCUT2D eigenvalue weighted by Gasteiger charge is -2.36. The predicted molar refractivity (Wildman–Crippen MR) is 123 cm³/mol. The van der Waals surface area contributed by atoms with Gasteiger partial charge in [-0.3, -0.25) is 4.79 Å². The number of nitrogens with zero attached hydrogens (tertiary/aromatic N) is 5. The lowest BCUT2D eigenvalue weighted by atomic mass is 9.89. The van der Waals surface area contributed by atoms with Crippen molar-refractivity contribution in [3.8, 4) is 11.3 Å². The van der Waals surface area contributed by atoms with Gasteiger partial charge < -0.3 is 9.80 Å². The third-order valence-corrected chi connectivity index (χ3v) is 6.99. The van der Waals surface area contributed by atoms with Crippen LogP contribution < -0.4 is 4.90 Å². The van der Waals surface area contributed by atoms with E-state index in [1.807, 2.05) is 35.2 Å². The molecule has 3 heterocycles. The summed E-state index contributed by atoms with van der Waals surface area (Å²) in [5.41, 5.74) is 5.33. The van der Waals surface area contributed by atoms with E-state index in [0.29, 0.717) is 16.8 Å².